The highest BCUT2D eigenvalue weighted by Gasteiger charge is 2.38. The second-order valence-electron chi connectivity index (χ2n) is 5.69. The third kappa shape index (κ3) is 3.95. The van der Waals surface area contributed by atoms with Gasteiger partial charge in [0.05, 0.1) is 18.3 Å². The lowest BCUT2D eigenvalue weighted by Crippen LogP contribution is -2.49. The van der Waals surface area contributed by atoms with E-state index in [0.717, 1.165) is 52.0 Å². The normalized spacial score (nSPS) is 25.1. The number of benzene rings is 1. The molecule has 0 saturated carbocycles. The smallest absolute Gasteiger partial charge is 0.0731 e. The monoisotopic (exact) mass is 297 g/mol. The molecule has 0 aliphatic carbocycles. The van der Waals surface area contributed by atoms with Gasteiger partial charge in [0, 0.05) is 13.0 Å². The summed E-state index contributed by atoms with van der Waals surface area (Å²) in [4.78, 5) is 0. The van der Waals surface area contributed by atoms with E-state index in [1.807, 2.05) is 6.07 Å². The standard InChI is InChI=1S/C16H23NO2.ClH/c1-2-4-14(5-3-1)13-18-15-6-11-19-16(12-15)7-9-17-10-8-16;/h1-5,15,17H,6-13H2;1H. The largest absolute Gasteiger partial charge is 0.375 e. The Bertz CT molecular complexity index is 387. The molecule has 1 aromatic rings. The van der Waals surface area contributed by atoms with Gasteiger partial charge in [-0.05, 0) is 37.9 Å². The summed E-state index contributed by atoms with van der Waals surface area (Å²) in [5.74, 6) is 0. The second-order valence-corrected chi connectivity index (χ2v) is 5.69. The van der Waals surface area contributed by atoms with Gasteiger partial charge in [-0.25, -0.2) is 0 Å². The molecular formula is C16H24ClNO2. The third-order valence-corrected chi connectivity index (χ3v) is 4.29. The lowest BCUT2D eigenvalue weighted by molar-refractivity contribution is -0.148. The van der Waals surface area contributed by atoms with Crippen molar-refractivity contribution in [2.75, 3.05) is 19.7 Å². The molecule has 0 bridgehead atoms. The first-order chi connectivity index (χ1) is 9.36. The fourth-order valence-corrected chi connectivity index (χ4v) is 3.14. The Kier molecular flexibility index (Phi) is 5.85. The van der Waals surface area contributed by atoms with Crippen LogP contribution in [0.25, 0.3) is 0 Å². The summed E-state index contributed by atoms with van der Waals surface area (Å²) in [7, 11) is 0. The molecule has 1 spiro atoms. The molecule has 112 valence electrons. The zero-order valence-electron chi connectivity index (χ0n) is 11.8. The van der Waals surface area contributed by atoms with Crippen molar-refractivity contribution < 1.29 is 9.47 Å². The van der Waals surface area contributed by atoms with Crippen LogP contribution in [0.3, 0.4) is 0 Å². The van der Waals surface area contributed by atoms with Crippen molar-refractivity contribution >= 4 is 12.4 Å². The summed E-state index contributed by atoms with van der Waals surface area (Å²) in [5, 5.41) is 3.41. The minimum atomic E-state index is 0. The lowest BCUT2D eigenvalue weighted by Gasteiger charge is -2.43. The van der Waals surface area contributed by atoms with Crippen molar-refractivity contribution in [3.8, 4) is 0 Å². The van der Waals surface area contributed by atoms with Crippen LogP contribution in [-0.4, -0.2) is 31.4 Å². The van der Waals surface area contributed by atoms with E-state index in [2.05, 4.69) is 29.6 Å². The van der Waals surface area contributed by atoms with E-state index >= 15 is 0 Å². The molecule has 2 aliphatic heterocycles. The summed E-state index contributed by atoms with van der Waals surface area (Å²) >= 11 is 0. The molecule has 0 aromatic heterocycles. The zero-order valence-corrected chi connectivity index (χ0v) is 12.7. The number of ether oxygens (including phenoxy) is 2. The van der Waals surface area contributed by atoms with E-state index in [4.69, 9.17) is 9.47 Å². The van der Waals surface area contributed by atoms with Gasteiger partial charge in [0.1, 0.15) is 0 Å². The van der Waals surface area contributed by atoms with E-state index < -0.39 is 0 Å². The van der Waals surface area contributed by atoms with Crippen molar-refractivity contribution in [2.24, 2.45) is 0 Å². The van der Waals surface area contributed by atoms with Gasteiger partial charge < -0.3 is 14.8 Å². The van der Waals surface area contributed by atoms with Gasteiger partial charge in [-0.2, -0.15) is 0 Å². The highest BCUT2D eigenvalue weighted by Crippen LogP contribution is 2.34. The van der Waals surface area contributed by atoms with Crippen molar-refractivity contribution in [1.29, 1.82) is 0 Å². The van der Waals surface area contributed by atoms with Gasteiger partial charge in [0.2, 0.25) is 0 Å². The quantitative estimate of drug-likeness (QED) is 0.930. The molecule has 3 rings (SSSR count). The Balaban J connectivity index is 0.00000147. The number of halogens is 1. The van der Waals surface area contributed by atoms with Crippen LogP contribution in [0.15, 0.2) is 30.3 Å². The maximum atomic E-state index is 6.10. The number of nitrogens with one attached hydrogen (secondary N) is 1. The molecule has 2 aliphatic rings. The molecule has 0 radical (unpaired) electrons. The van der Waals surface area contributed by atoms with Crippen molar-refractivity contribution in [1.82, 2.24) is 5.32 Å². The van der Waals surface area contributed by atoms with E-state index in [1.165, 1.54) is 5.56 Å². The topological polar surface area (TPSA) is 30.5 Å². The number of hydrogen-bond donors (Lipinski definition) is 1. The minimum absolute atomic E-state index is 0. The fourth-order valence-electron chi connectivity index (χ4n) is 3.14. The van der Waals surface area contributed by atoms with Crippen molar-refractivity contribution in [3.05, 3.63) is 35.9 Å². The zero-order chi connectivity index (χ0) is 13.0. The van der Waals surface area contributed by atoms with Crippen LogP contribution in [-0.2, 0) is 16.1 Å². The predicted molar refractivity (Wildman–Crippen MR) is 82.3 cm³/mol. The van der Waals surface area contributed by atoms with Crippen LogP contribution < -0.4 is 5.32 Å². The Labute approximate surface area is 127 Å². The highest BCUT2D eigenvalue weighted by molar-refractivity contribution is 5.85. The Hall–Kier alpha value is -0.610. The van der Waals surface area contributed by atoms with Gasteiger partial charge >= 0.3 is 0 Å². The molecule has 4 heteroatoms. The molecule has 2 fully saturated rings. The molecular weight excluding hydrogens is 274 g/mol. The molecule has 2 saturated heterocycles. The minimum Gasteiger partial charge on any atom is -0.375 e. The van der Waals surface area contributed by atoms with Crippen LogP contribution in [0, 0.1) is 0 Å². The first-order valence-electron chi connectivity index (χ1n) is 7.37. The molecule has 1 N–H and O–H groups in total. The summed E-state index contributed by atoms with van der Waals surface area (Å²) < 4.78 is 12.2. The molecule has 2 heterocycles. The van der Waals surface area contributed by atoms with Crippen LogP contribution in [0.2, 0.25) is 0 Å². The first kappa shape index (κ1) is 15.8. The molecule has 0 amide bonds. The average molecular weight is 298 g/mol. The van der Waals surface area contributed by atoms with E-state index in [1.54, 1.807) is 0 Å². The lowest BCUT2D eigenvalue weighted by atomic mass is 9.84. The van der Waals surface area contributed by atoms with E-state index in [9.17, 15) is 0 Å². The van der Waals surface area contributed by atoms with Gasteiger partial charge in [0.15, 0.2) is 0 Å². The Morgan fingerprint density at radius 1 is 1.20 bits per heavy atom. The SMILES string of the molecule is Cl.c1ccc(COC2CCOC3(CCNCC3)C2)cc1. The van der Waals surface area contributed by atoms with Crippen LogP contribution in [0.5, 0.6) is 0 Å². The molecule has 1 aromatic carbocycles. The van der Waals surface area contributed by atoms with Gasteiger partial charge in [0.25, 0.3) is 0 Å². The summed E-state index contributed by atoms with van der Waals surface area (Å²) in [6.07, 6.45) is 4.69. The van der Waals surface area contributed by atoms with Gasteiger partial charge in [-0.15, -0.1) is 12.4 Å². The number of rotatable bonds is 3. The molecule has 1 atom stereocenters. The summed E-state index contributed by atoms with van der Waals surface area (Å²) in [6.45, 7) is 3.72. The summed E-state index contributed by atoms with van der Waals surface area (Å²) in [6, 6.07) is 10.4. The van der Waals surface area contributed by atoms with Crippen LogP contribution >= 0.6 is 12.4 Å². The van der Waals surface area contributed by atoms with Gasteiger partial charge in [-0.3, -0.25) is 0 Å². The fraction of sp³-hybridized carbons (Fsp3) is 0.625. The van der Waals surface area contributed by atoms with E-state index in [-0.39, 0.29) is 18.0 Å². The maximum Gasteiger partial charge on any atom is 0.0731 e. The Morgan fingerprint density at radius 3 is 2.70 bits per heavy atom. The van der Waals surface area contributed by atoms with E-state index in [0.29, 0.717) is 6.10 Å². The number of hydrogen-bond acceptors (Lipinski definition) is 3. The molecule has 3 nitrogen and oxygen atoms in total. The number of piperidine rings is 1. The van der Waals surface area contributed by atoms with Crippen LogP contribution in [0.4, 0.5) is 0 Å². The predicted octanol–water partition coefficient (Wildman–Crippen LogP) is 2.93. The maximum absolute atomic E-state index is 6.10. The highest BCUT2D eigenvalue weighted by atomic mass is 35.5. The van der Waals surface area contributed by atoms with Crippen LogP contribution in [0.1, 0.15) is 31.2 Å². The third-order valence-electron chi connectivity index (χ3n) is 4.29. The Morgan fingerprint density at radius 2 is 1.95 bits per heavy atom. The average Bonchev–Trinajstić information content (AvgIpc) is 2.47. The first-order valence-corrected chi connectivity index (χ1v) is 7.37. The van der Waals surface area contributed by atoms with Gasteiger partial charge in [-0.1, -0.05) is 30.3 Å². The van der Waals surface area contributed by atoms with Crippen molar-refractivity contribution in [2.45, 2.75) is 44.0 Å². The summed E-state index contributed by atoms with van der Waals surface area (Å²) in [5.41, 5.74) is 1.35. The van der Waals surface area contributed by atoms with Crippen molar-refractivity contribution in [3.63, 3.8) is 0 Å². The second kappa shape index (κ2) is 7.41. The molecule has 20 heavy (non-hydrogen) atoms. The molecule has 1 unspecified atom stereocenters.